The second-order valence-corrected chi connectivity index (χ2v) is 8.88. The van der Waals surface area contributed by atoms with E-state index >= 15 is 0 Å². The molecule has 4 N–H and O–H groups in total. The number of para-hydroxylation sites is 1. The van der Waals surface area contributed by atoms with Crippen LogP contribution in [0, 0.1) is 0 Å². The number of imidazole rings is 1. The Morgan fingerprint density at radius 1 is 1.20 bits per heavy atom. The van der Waals surface area contributed by atoms with Gasteiger partial charge >= 0.3 is 11.7 Å². The number of urea groups is 1. The number of pyridine rings is 1. The molecule has 1 aliphatic rings. The maximum absolute atomic E-state index is 13.0. The van der Waals surface area contributed by atoms with Crippen LogP contribution in [0.25, 0.3) is 22.2 Å². The maximum atomic E-state index is 13.0. The summed E-state index contributed by atoms with van der Waals surface area (Å²) in [5.41, 5.74) is 9.54. The summed E-state index contributed by atoms with van der Waals surface area (Å²) in [6.45, 7) is 1.06. The van der Waals surface area contributed by atoms with Crippen molar-refractivity contribution in [2.45, 2.75) is 18.9 Å². The van der Waals surface area contributed by atoms with Crippen LogP contribution in [0.3, 0.4) is 0 Å². The molecule has 1 fully saturated rings. The molecule has 0 saturated carbocycles. The van der Waals surface area contributed by atoms with E-state index in [1.54, 1.807) is 35.4 Å². The number of ether oxygens (including phenoxy) is 1. The Labute approximate surface area is 206 Å². The monoisotopic (exact) mass is 492 g/mol. The van der Waals surface area contributed by atoms with Gasteiger partial charge in [0.2, 0.25) is 0 Å². The van der Waals surface area contributed by atoms with E-state index in [-0.39, 0.29) is 17.8 Å². The van der Waals surface area contributed by atoms with Gasteiger partial charge in [0.25, 0.3) is 0 Å². The molecular weight excluding hydrogens is 468 g/mol. The first-order valence-corrected chi connectivity index (χ1v) is 11.7. The summed E-state index contributed by atoms with van der Waals surface area (Å²) in [6, 6.07) is 14.3. The fraction of sp³-hybridized carbons (Fsp3) is 0.240. The summed E-state index contributed by atoms with van der Waals surface area (Å²) >= 11 is 6.06. The average Bonchev–Trinajstić information content (AvgIpc) is 3.21. The van der Waals surface area contributed by atoms with Crippen LogP contribution in [-0.2, 0) is 0 Å². The SMILES string of the molecule is COc1cc(NC(=O)N2CCC(n3c(=O)[nH]c4c(-c5ccc(N)nc5)cccc43)CC2)ccc1Cl. The number of carbonyl (C=O) groups is 1. The number of nitrogen functional groups attached to an aromatic ring is 1. The number of aromatic nitrogens is 3. The van der Waals surface area contributed by atoms with E-state index in [0.717, 1.165) is 22.2 Å². The number of anilines is 2. The first-order valence-electron chi connectivity index (χ1n) is 11.3. The number of methoxy groups -OCH3 is 1. The minimum absolute atomic E-state index is 0.0179. The Morgan fingerprint density at radius 3 is 2.71 bits per heavy atom. The lowest BCUT2D eigenvalue weighted by Crippen LogP contribution is -2.42. The number of rotatable bonds is 4. The highest BCUT2D eigenvalue weighted by atomic mass is 35.5. The molecule has 9 nitrogen and oxygen atoms in total. The van der Waals surface area contributed by atoms with Crippen LogP contribution in [0.2, 0.25) is 5.02 Å². The number of amides is 2. The van der Waals surface area contributed by atoms with Gasteiger partial charge in [-0.15, -0.1) is 0 Å². The smallest absolute Gasteiger partial charge is 0.326 e. The molecule has 10 heteroatoms. The molecule has 0 radical (unpaired) electrons. The number of fused-ring (bicyclic) bond motifs is 1. The van der Waals surface area contributed by atoms with Gasteiger partial charge in [-0.05, 0) is 43.2 Å². The number of hydrogen-bond acceptors (Lipinski definition) is 5. The number of likely N-dealkylation sites (tertiary alicyclic amines) is 1. The first-order chi connectivity index (χ1) is 16.9. The molecular formula is C25H25ClN6O3. The lowest BCUT2D eigenvalue weighted by Gasteiger charge is -2.32. The van der Waals surface area contributed by atoms with Crippen LogP contribution >= 0.6 is 11.6 Å². The fourth-order valence-electron chi connectivity index (χ4n) is 4.58. The molecule has 0 aliphatic carbocycles. The van der Waals surface area contributed by atoms with E-state index in [2.05, 4.69) is 15.3 Å². The van der Waals surface area contributed by atoms with Gasteiger partial charge in [-0.25, -0.2) is 14.6 Å². The molecule has 0 atom stereocenters. The predicted molar refractivity (Wildman–Crippen MR) is 137 cm³/mol. The van der Waals surface area contributed by atoms with Crippen molar-refractivity contribution in [3.63, 3.8) is 0 Å². The molecule has 0 spiro atoms. The number of piperidine rings is 1. The second kappa shape index (κ2) is 9.34. The number of halogens is 1. The Morgan fingerprint density at radius 2 is 2.00 bits per heavy atom. The van der Waals surface area contributed by atoms with E-state index in [1.165, 1.54) is 7.11 Å². The van der Waals surface area contributed by atoms with Gasteiger partial charge in [-0.2, -0.15) is 0 Å². The zero-order valence-electron chi connectivity index (χ0n) is 19.1. The van der Waals surface area contributed by atoms with Crippen molar-refractivity contribution < 1.29 is 9.53 Å². The third kappa shape index (κ3) is 4.42. The summed E-state index contributed by atoms with van der Waals surface area (Å²) in [5.74, 6) is 0.939. The van der Waals surface area contributed by atoms with Gasteiger partial charge in [-0.3, -0.25) is 4.57 Å². The van der Waals surface area contributed by atoms with Gasteiger partial charge in [0.15, 0.2) is 0 Å². The van der Waals surface area contributed by atoms with E-state index in [0.29, 0.717) is 48.2 Å². The minimum atomic E-state index is -0.197. The maximum Gasteiger partial charge on any atom is 0.326 e. The van der Waals surface area contributed by atoms with Crippen LogP contribution < -0.4 is 21.5 Å². The lowest BCUT2D eigenvalue weighted by molar-refractivity contribution is 0.184. The quantitative estimate of drug-likeness (QED) is 0.387. The number of benzene rings is 2. The Bertz CT molecular complexity index is 1440. The van der Waals surface area contributed by atoms with Crippen molar-refractivity contribution in [2.75, 3.05) is 31.2 Å². The molecule has 2 amide bonds. The number of nitrogens with one attached hydrogen (secondary N) is 2. The molecule has 4 aromatic rings. The van der Waals surface area contributed by atoms with Crippen LogP contribution in [0.15, 0.2) is 59.5 Å². The normalized spacial score (nSPS) is 14.3. The zero-order valence-corrected chi connectivity index (χ0v) is 19.9. The van der Waals surface area contributed by atoms with Gasteiger partial charge in [0.1, 0.15) is 11.6 Å². The molecule has 5 rings (SSSR count). The third-order valence-corrected chi connectivity index (χ3v) is 6.68. The van der Waals surface area contributed by atoms with Gasteiger partial charge in [0.05, 0.1) is 23.2 Å². The molecule has 0 unspecified atom stereocenters. The highest BCUT2D eigenvalue weighted by molar-refractivity contribution is 6.32. The van der Waals surface area contributed by atoms with Crippen LogP contribution in [-0.4, -0.2) is 45.7 Å². The number of hydrogen-bond donors (Lipinski definition) is 3. The molecule has 1 saturated heterocycles. The third-order valence-electron chi connectivity index (χ3n) is 6.37. The van der Waals surface area contributed by atoms with Crippen molar-refractivity contribution >= 4 is 40.2 Å². The topological polar surface area (TPSA) is 118 Å². The highest BCUT2D eigenvalue weighted by Crippen LogP contribution is 2.31. The molecule has 180 valence electrons. The Balaban J connectivity index is 1.32. The summed E-state index contributed by atoms with van der Waals surface area (Å²) in [7, 11) is 1.53. The molecule has 0 bridgehead atoms. The Hall–Kier alpha value is -3.98. The molecule has 2 aromatic carbocycles. The van der Waals surface area contributed by atoms with E-state index < -0.39 is 0 Å². The Kier molecular flexibility index (Phi) is 6.08. The van der Waals surface area contributed by atoms with E-state index in [4.69, 9.17) is 22.1 Å². The predicted octanol–water partition coefficient (Wildman–Crippen LogP) is 4.50. The van der Waals surface area contributed by atoms with Gasteiger partial charge in [-0.1, -0.05) is 23.7 Å². The minimum Gasteiger partial charge on any atom is -0.495 e. The lowest BCUT2D eigenvalue weighted by atomic mass is 10.0. The van der Waals surface area contributed by atoms with Gasteiger partial charge < -0.3 is 25.7 Å². The van der Waals surface area contributed by atoms with Crippen LogP contribution in [0.5, 0.6) is 5.75 Å². The number of carbonyl (C=O) groups excluding carboxylic acids is 1. The number of nitrogens with zero attached hydrogens (tertiary/aromatic N) is 3. The van der Waals surface area contributed by atoms with Gasteiger partial charge in [0, 0.05) is 48.2 Å². The molecule has 2 aromatic heterocycles. The first kappa shape index (κ1) is 22.8. The summed E-state index contributed by atoms with van der Waals surface area (Å²) in [4.78, 5) is 34.7. The molecule has 3 heterocycles. The number of H-pyrrole nitrogens is 1. The summed E-state index contributed by atoms with van der Waals surface area (Å²) in [5, 5.41) is 3.37. The summed E-state index contributed by atoms with van der Waals surface area (Å²) in [6.07, 6.45) is 3.03. The molecule has 35 heavy (non-hydrogen) atoms. The highest BCUT2D eigenvalue weighted by Gasteiger charge is 2.27. The second-order valence-electron chi connectivity index (χ2n) is 8.47. The van der Waals surface area contributed by atoms with E-state index in [9.17, 15) is 9.59 Å². The summed E-state index contributed by atoms with van der Waals surface area (Å²) < 4.78 is 7.02. The van der Waals surface area contributed by atoms with Crippen molar-refractivity contribution in [1.82, 2.24) is 19.4 Å². The average molecular weight is 493 g/mol. The standard InChI is InChI=1S/C25H25ClN6O3/c1-35-21-13-16(6-7-19(21)26)29-24(33)31-11-9-17(10-12-31)32-20-4-2-3-18(23(20)30-25(32)34)15-5-8-22(27)28-14-15/h2-8,13-14,17H,9-12H2,1H3,(H2,27,28)(H,29,33)(H,30,34). The largest absolute Gasteiger partial charge is 0.495 e. The number of aromatic amines is 1. The molecule has 1 aliphatic heterocycles. The van der Waals surface area contributed by atoms with Crippen molar-refractivity contribution in [3.8, 4) is 16.9 Å². The van der Waals surface area contributed by atoms with Crippen molar-refractivity contribution in [3.05, 3.63) is 70.2 Å². The zero-order chi connectivity index (χ0) is 24.5. The van der Waals surface area contributed by atoms with Crippen LogP contribution in [0.4, 0.5) is 16.3 Å². The number of nitrogens with two attached hydrogens (primary N) is 1. The van der Waals surface area contributed by atoms with Crippen LogP contribution in [0.1, 0.15) is 18.9 Å². The van der Waals surface area contributed by atoms with Crippen molar-refractivity contribution in [1.29, 1.82) is 0 Å². The fourth-order valence-corrected chi connectivity index (χ4v) is 4.78. The van der Waals surface area contributed by atoms with E-state index in [1.807, 2.05) is 28.8 Å². The van der Waals surface area contributed by atoms with Crippen molar-refractivity contribution in [2.24, 2.45) is 0 Å².